The Balaban J connectivity index is 1.80. The lowest BCUT2D eigenvalue weighted by Crippen LogP contribution is -2.48. The summed E-state index contributed by atoms with van der Waals surface area (Å²) in [6.45, 7) is 0.532. The molecule has 4 heteroatoms. The number of likely N-dealkylation sites (tertiary alicyclic amines) is 1. The molecule has 0 aromatic heterocycles. The molecule has 2 amide bonds. The summed E-state index contributed by atoms with van der Waals surface area (Å²) >= 11 is 0. The Morgan fingerprint density at radius 3 is 2.54 bits per heavy atom. The van der Waals surface area contributed by atoms with Crippen molar-refractivity contribution in [1.29, 1.82) is 0 Å². The fourth-order valence-corrected chi connectivity index (χ4v) is 1.72. The van der Waals surface area contributed by atoms with Gasteiger partial charge in [-0.3, -0.25) is 4.79 Å². The van der Waals surface area contributed by atoms with E-state index >= 15 is 0 Å². The van der Waals surface area contributed by atoms with Crippen molar-refractivity contribution in [2.75, 3.05) is 6.54 Å². The van der Waals surface area contributed by atoms with Crippen molar-refractivity contribution in [3.8, 4) is 0 Å². The molecule has 0 aromatic rings. The Hall–Kier alpha value is -1.06. The molecule has 72 valence electrons. The van der Waals surface area contributed by atoms with Gasteiger partial charge < -0.3 is 4.74 Å². The summed E-state index contributed by atoms with van der Waals surface area (Å²) in [7, 11) is 0. The molecule has 1 heterocycles. The first kappa shape index (κ1) is 8.53. The number of nitrogens with zero attached hydrogens (tertiary/aromatic N) is 1. The van der Waals surface area contributed by atoms with Crippen LogP contribution in [0.2, 0.25) is 0 Å². The van der Waals surface area contributed by atoms with E-state index in [1.807, 2.05) is 0 Å². The average molecular weight is 183 g/mol. The Labute approximate surface area is 76.8 Å². The minimum absolute atomic E-state index is 0.0564. The lowest BCUT2D eigenvalue weighted by Gasteiger charge is -2.28. The molecule has 4 nitrogen and oxygen atoms in total. The third-order valence-electron chi connectivity index (χ3n) is 2.64. The van der Waals surface area contributed by atoms with Gasteiger partial charge in [-0.15, -0.1) is 0 Å². The molecule has 0 atom stereocenters. The number of carbonyl (C=O) groups excluding carboxylic acids is 2. The number of carbonyl (C=O) groups is 2. The van der Waals surface area contributed by atoms with Gasteiger partial charge in [0, 0.05) is 13.0 Å². The van der Waals surface area contributed by atoms with E-state index in [-0.39, 0.29) is 12.0 Å². The van der Waals surface area contributed by atoms with Crippen molar-refractivity contribution < 1.29 is 14.3 Å². The summed E-state index contributed by atoms with van der Waals surface area (Å²) in [5, 5.41) is 0. The molecule has 0 unspecified atom stereocenters. The molecule has 2 aliphatic rings. The standard InChI is InChI=1S/C9H13NO3/c11-8-5-6-10(8)9(12)13-7-3-1-2-4-7/h7H,1-6H2. The topological polar surface area (TPSA) is 46.6 Å². The van der Waals surface area contributed by atoms with E-state index in [4.69, 9.17) is 4.74 Å². The molecular weight excluding hydrogens is 170 g/mol. The van der Waals surface area contributed by atoms with E-state index in [0.29, 0.717) is 13.0 Å². The Bertz CT molecular complexity index is 233. The van der Waals surface area contributed by atoms with Crippen molar-refractivity contribution >= 4 is 12.0 Å². The normalized spacial score (nSPS) is 23.1. The van der Waals surface area contributed by atoms with E-state index in [1.54, 1.807) is 0 Å². The third-order valence-corrected chi connectivity index (χ3v) is 2.64. The van der Waals surface area contributed by atoms with Crippen LogP contribution in [0.4, 0.5) is 4.79 Å². The number of β-lactam (4-membered cyclic amide) rings is 1. The van der Waals surface area contributed by atoms with E-state index < -0.39 is 6.09 Å². The molecule has 2 rings (SSSR count). The largest absolute Gasteiger partial charge is 0.446 e. The maximum Gasteiger partial charge on any atom is 0.416 e. The molecule has 1 saturated carbocycles. The van der Waals surface area contributed by atoms with Crippen molar-refractivity contribution in [2.24, 2.45) is 0 Å². The van der Waals surface area contributed by atoms with Crippen molar-refractivity contribution in [3.05, 3.63) is 0 Å². The molecule has 0 spiro atoms. The first-order valence-electron chi connectivity index (χ1n) is 4.78. The molecule has 0 bridgehead atoms. The monoisotopic (exact) mass is 183 g/mol. The van der Waals surface area contributed by atoms with Gasteiger partial charge in [0.05, 0.1) is 0 Å². The predicted octanol–water partition coefficient (Wildman–Crippen LogP) is 1.30. The Morgan fingerprint density at radius 1 is 1.38 bits per heavy atom. The van der Waals surface area contributed by atoms with Crippen LogP contribution in [0.1, 0.15) is 32.1 Å². The van der Waals surface area contributed by atoms with Gasteiger partial charge in [-0.1, -0.05) is 0 Å². The SMILES string of the molecule is O=C1CCN1C(=O)OC1CCCC1. The van der Waals surface area contributed by atoms with Crippen molar-refractivity contribution in [3.63, 3.8) is 0 Å². The second-order valence-corrected chi connectivity index (χ2v) is 3.59. The highest BCUT2D eigenvalue weighted by Crippen LogP contribution is 2.22. The molecule has 13 heavy (non-hydrogen) atoms. The maximum absolute atomic E-state index is 11.3. The van der Waals surface area contributed by atoms with Gasteiger partial charge in [0.1, 0.15) is 6.10 Å². The zero-order chi connectivity index (χ0) is 9.26. The molecular formula is C9H13NO3. The van der Waals surface area contributed by atoms with Gasteiger partial charge >= 0.3 is 6.09 Å². The number of ether oxygens (including phenoxy) is 1. The van der Waals surface area contributed by atoms with Crippen LogP contribution in [-0.2, 0) is 9.53 Å². The first-order chi connectivity index (χ1) is 6.27. The van der Waals surface area contributed by atoms with E-state index in [9.17, 15) is 9.59 Å². The van der Waals surface area contributed by atoms with Crippen LogP contribution in [0.15, 0.2) is 0 Å². The van der Waals surface area contributed by atoms with Crippen LogP contribution in [-0.4, -0.2) is 29.5 Å². The number of hydrogen-bond acceptors (Lipinski definition) is 3. The van der Waals surface area contributed by atoms with Gasteiger partial charge in [-0.25, -0.2) is 9.69 Å². The summed E-state index contributed by atoms with van der Waals surface area (Å²) in [4.78, 5) is 23.3. The van der Waals surface area contributed by atoms with Crippen LogP contribution in [0.5, 0.6) is 0 Å². The highest BCUT2D eigenvalue weighted by atomic mass is 16.6. The molecule has 0 N–H and O–H groups in total. The van der Waals surface area contributed by atoms with Gasteiger partial charge in [-0.2, -0.15) is 0 Å². The number of imide groups is 1. The summed E-state index contributed by atoms with van der Waals surface area (Å²) < 4.78 is 5.15. The fraction of sp³-hybridized carbons (Fsp3) is 0.778. The minimum Gasteiger partial charge on any atom is -0.446 e. The third kappa shape index (κ3) is 1.66. The lowest BCUT2D eigenvalue weighted by molar-refractivity contribution is -0.137. The maximum atomic E-state index is 11.3. The number of amides is 2. The van der Waals surface area contributed by atoms with E-state index in [1.165, 1.54) is 4.90 Å². The van der Waals surface area contributed by atoms with Crippen LogP contribution >= 0.6 is 0 Å². The molecule has 0 aromatic carbocycles. The Kier molecular flexibility index (Phi) is 2.20. The molecule has 1 saturated heterocycles. The number of hydrogen-bond donors (Lipinski definition) is 0. The molecule has 0 radical (unpaired) electrons. The number of rotatable bonds is 1. The predicted molar refractivity (Wildman–Crippen MR) is 45.1 cm³/mol. The summed E-state index contributed by atoms with van der Waals surface area (Å²) in [5.74, 6) is -0.108. The van der Waals surface area contributed by atoms with Crippen LogP contribution in [0.3, 0.4) is 0 Å². The van der Waals surface area contributed by atoms with Gasteiger partial charge in [-0.05, 0) is 25.7 Å². The van der Waals surface area contributed by atoms with Crippen LogP contribution in [0.25, 0.3) is 0 Å². The van der Waals surface area contributed by atoms with Crippen LogP contribution in [0, 0.1) is 0 Å². The molecule has 1 aliphatic heterocycles. The highest BCUT2D eigenvalue weighted by molar-refractivity contribution is 5.96. The second kappa shape index (κ2) is 3.36. The minimum atomic E-state index is -0.442. The zero-order valence-electron chi connectivity index (χ0n) is 7.49. The fourth-order valence-electron chi connectivity index (χ4n) is 1.72. The van der Waals surface area contributed by atoms with Gasteiger partial charge in [0.15, 0.2) is 0 Å². The zero-order valence-corrected chi connectivity index (χ0v) is 7.49. The average Bonchev–Trinajstić information content (AvgIpc) is 2.54. The van der Waals surface area contributed by atoms with E-state index in [2.05, 4.69) is 0 Å². The molecule has 2 fully saturated rings. The summed E-state index contributed by atoms with van der Waals surface area (Å²) in [6.07, 6.45) is 4.27. The summed E-state index contributed by atoms with van der Waals surface area (Å²) in [6, 6.07) is 0. The lowest BCUT2D eigenvalue weighted by atomic mass is 10.2. The van der Waals surface area contributed by atoms with Gasteiger partial charge in [0.25, 0.3) is 0 Å². The smallest absolute Gasteiger partial charge is 0.416 e. The van der Waals surface area contributed by atoms with E-state index in [0.717, 1.165) is 25.7 Å². The van der Waals surface area contributed by atoms with Crippen LogP contribution < -0.4 is 0 Å². The van der Waals surface area contributed by atoms with Crippen molar-refractivity contribution in [1.82, 2.24) is 4.90 Å². The summed E-state index contributed by atoms with van der Waals surface area (Å²) in [5.41, 5.74) is 0. The molecule has 1 aliphatic carbocycles. The van der Waals surface area contributed by atoms with Crippen molar-refractivity contribution in [2.45, 2.75) is 38.2 Å². The Morgan fingerprint density at radius 2 is 2.08 bits per heavy atom. The second-order valence-electron chi connectivity index (χ2n) is 3.59. The quantitative estimate of drug-likeness (QED) is 0.575. The van der Waals surface area contributed by atoms with Gasteiger partial charge in [0.2, 0.25) is 5.91 Å². The first-order valence-corrected chi connectivity index (χ1v) is 4.78. The highest BCUT2D eigenvalue weighted by Gasteiger charge is 2.33.